The number of primary amides is 1. The van der Waals surface area contributed by atoms with Crippen LogP contribution in [0.5, 0.6) is 0 Å². The second kappa shape index (κ2) is 5.63. The summed E-state index contributed by atoms with van der Waals surface area (Å²) in [6.07, 6.45) is 1.33. The van der Waals surface area contributed by atoms with Crippen LogP contribution in [0.3, 0.4) is 0 Å². The Morgan fingerprint density at radius 1 is 1.10 bits per heavy atom. The summed E-state index contributed by atoms with van der Waals surface area (Å²) >= 11 is 0. The van der Waals surface area contributed by atoms with E-state index in [9.17, 15) is 9.59 Å². The number of carbonyl (C=O) groups excluding carboxylic acids is 2. The van der Waals surface area contributed by atoms with Gasteiger partial charge in [-0.2, -0.15) is 5.26 Å². The van der Waals surface area contributed by atoms with Crippen LogP contribution in [-0.2, 0) is 0 Å². The second-order valence-electron chi connectivity index (χ2n) is 3.94. The molecule has 98 valence electrons. The van der Waals surface area contributed by atoms with Crippen LogP contribution < -0.4 is 11.1 Å². The fraction of sp³-hybridized carbons (Fsp3) is 0. The summed E-state index contributed by atoms with van der Waals surface area (Å²) in [4.78, 5) is 26.6. The van der Waals surface area contributed by atoms with E-state index in [2.05, 4.69) is 10.3 Å². The molecule has 1 heterocycles. The Bertz CT molecular complexity index is 685. The minimum atomic E-state index is -0.529. The number of hydrogen-bond donors (Lipinski definition) is 2. The van der Waals surface area contributed by atoms with Crippen molar-refractivity contribution in [3.8, 4) is 6.07 Å². The summed E-state index contributed by atoms with van der Waals surface area (Å²) in [6, 6.07) is 11.1. The molecule has 1 aromatic heterocycles. The van der Waals surface area contributed by atoms with Gasteiger partial charge in [0.1, 0.15) is 11.8 Å². The zero-order chi connectivity index (χ0) is 14.5. The maximum atomic E-state index is 11.9. The number of aromatic nitrogens is 1. The summed E-state index contributed by atoms with van der Waals surface area (Å²) in [6.45, 7) is 0. The molecule has 0 aliphatic heterocycles. The van der Waals surface area contributed by atoms with Crippen LogP contribution in [0.4, 0.5) is 5.69 Å². The van der Waals surface area contributed by atoms with Crippen molar-refractivity contribution in [3.05, 3.63) is 59.4 Å². The van der Waals surface area contributed by atoms with E-state index in [0.717, 1.165) is 0 Å². The Labute approximate surface area is 114 Å². The van der Waals surface area contributed by atoms with Gasteiger partial charge in [0.25, 0.3) is 5.91 Å². The van der Waals surface area contributed by atoms with E-state index in [1.54, 1.807) is 12.1 Å². The van der Waals surface area contributed by atoms with Crippen molar-refractivity contribution in [2.24, 2.45) is 5.73 Å². The first-order valence-electron chi connectivity index (χ1n) is 5.67. The largest absolute Gasteiger partial charge is 0.366 e. The van der Waals surface area contributed by atoms with Gasteiger partial charge in [-0.1, -0.05) is 0 Å². The van der Waals surface area contributed by atoms with Crippen molar-refractivity contribution in [1.82, 2.24) is 4.98 Å². The van der Waals surface area contributed by atoms with E-state index in [0.29, 0.717) is 16.8 Å². The molecule has 3 N–H and O–H groups in total. The Kier molecular flexibility index (Phi) is 3.72. The average Bonchev–Trinajstić information content (AvgIpc) is 2.48. The third-order valence-corrected chi connectivity index (χ3v) is 2.57. The van der Waals surface area contributed by atoms with E-state index >= 15 is 0 Å². The van der Waals surface area contributed by atoms with E-state index in [1.165, 1.54) is 30.5 Å². The molecular formula is C14H10N4O2. The minimum absolute atomic E-state index is 0.243. The molecule has 2 amide bonds. The SMILES string of the molecule is N#Cc1ccc(C(=O)Nc2ccc(C(N)=O)cc2)cn1. The first kappa shape index (κ1) is 13.2. The number of hydrogen-bond acceptors (Lipinski definition) is 4. The molecule has 6 nitrogen and oxygen atoms in total. The van der Waals surface area contributed by atoms with E-state index in [1.807, 2.05) is 6.07 Å². The first-order chi connectivity index (χ1) is 9.60. The van der Waals surface area contributed by atoms with Gasteiger partial charge < -0.3 is 11.1 Å². The van der Waals surface area contributed by atoms with Gasteiger partial charge >= 0.3 is 0 Å². The Morgan fingerprint density at radius 2 is 1.75 bits per heavy atom. The lowest BCUT2D eigenvalue weighted by Gasteiger charge is -2.05. The first-order valence-corrected chi connectivity index (χ1v) is 5.67. The van der Waals surface area contributed by atoms with Crippen molar-refractivity contribution < 1.29 is 9.59 Å². The lowest BCUT2D eigenvalue weighted by Crippen LogP contribution is -2.13. The Hall–Kier alpha value is -3.20. The van der Waals surface area contributed by atoms with Crippen molar-refractivity contribution in [3.63, 3.8) is 0 Å². The van der Waals surface area contributed by atoms with Crippen LogP contribution in [0.15, 0.2) is 42.6 Å². The summed E-state index contributed by atoms with van der Waals surface area (Å²) in [5.41, 5.74) is 6.60. The van der Waals surface area contributed by atoms with Crippen LogP contribution in [0.25, 0.3) is 0 Å². The molecule has 2 rings (SSSR count). The second-order valence-corrected chi connectivity index (χ2v) is 3.94. The highest BCUT2D eigenvalue weighted by Gasteiger charge is 2.07. The summed E-state index contributed by atoms with van der Waals surface area (Å²) in [7, 11) is 0. The molecule has 0 aliphatic rings. The van der Waals surface area contributed by atoms with Crippen LogP contribution >= 0.6 is 0 Å². The quantitative estimate of drug-likeness (QED) is 0.872. The fourth-order valence-corrected chi connectivity index (χ4v) is 1.52. The van der Waals surface area contributed by atoms with E-state index < -0.39 is 5.91 Å². The lowest BCUT2D eigenvalue weighted by atomic mass is 10.2. The molecule has 0 aliphatic carbocycles. The standard InChI is InChI=1S/C14H10N4O2/c15-7-12-6-3-10(8-17-12)14(20)18-11-4-1-9(2-5-11)13(16)19/h1-6,8H,(H2,16,19)(H,18,20). The number of carbonyl (C=O) groups is 2. The highest BCUT2D eigenvalue weighted by atomic mass is 16.2. The molecule has 0 saturated heterocycles. The zero-order valence-electron chi connectivity index (χ0n) is 10.3. The van der Waals surface area contributed by atoms with Crippen molar-refractivity contribution in [2.75, 3.05) is 5.32 Å². The summed E-state index contributed by atoms with van der Waals surface area (Å²) < 4.78 is 0. The molecule has 0 radical (unpaired) electrons. The van der Waals surface area contributed by atoms with Gasteiger partial charge in [0.15, 0.2) is 0 Å². The lowest BCUT2D eigenvalue weighted by molar-refractivity contribution is 0.0998. The van der Waals surface area contributed by atoms with Crippen LogP contribution in [0, 0.1) is 11.3 Å². The molecule has 20 heavy (non-hydrogen) atoms. The predicted molar refractivity (Wildman–Crippen MR) is 71.9 cm³/mol. The number of amides is 2. The topological polar surface area (TPSA) is 109 Å². The molecule has 0 atom stereocenters. The molecular weight excluding hydrogens is 256 g/mol. The third-order valence-electron chi connectivity index (χ3n) is 2.57. The number of nitrogens with one attached hydrogen (secondary N) is 1. The molecule has 1 aromatic carbocycles. The number of nitrogens with zero attached hydrogens (tertiary/aromatic N) is 2. The minimum Gasteiger partial charge on any atom is -0.366 e. The maximum Gasteiger partial charge on any atom is 0.257 e. The Balaban J connectivity index is 2.10. The van der Waals surface area contributed by atoms with E-state index in [4.69, 9.17) is 11.0 Å². The van der Waals surface area contributed by atoms with Crippen LogP contribution in [0.1, 0.15) is 26.4 Å². The van der Waals surface area contributed by atoms with Gasteiger partial charge in [-0.3, -0.25) is 9.59 Å². The molecule has 0 spiro atoms. The molecule has 0 unspecified atom stereocenters. The number of anilines is 1. The van der Waals surface area contributed by atoms with Gasteiger partial charge in [0.05, 0.1) is 5.56 Å². The Morgan fingerprint density at radius 3 is 2.25 bits per heavy atom. The molecule has 0 fully saturated rings. The third kappa shape index (κ3) is 2.97. The van der Waals surface area contributed by atoms with Crippen molar-refractivity contribution in [2.45, 2.75) is 0 Å². The highest BCUT2D eigenvalue weighted by Crippen LogP contribution is 2.11. The maximum absolute atomic E-state index is 11.9. The van der Waals surface area contributed by atoms with Crippen LogP contribution in [0.2, 0.25) is 0 Å². The number of rotatable bonds is 3. The summed E-state index contributed by atoms with van der Waals surface area (Å²) in [5.74, 6) is -0.881. The van der Waals surface area contributed by atoms with Crippen molar-refractivity contribution >= 4 is 17.5 Å². The van der Waals surface area contributed by atoms with Crippen LogP contribution in [-0.4, -0.2) is 16.8 Å². The number of benzene rings is 1. The van der Waals surface area contributed by atoms with E-state index in [-0.39, 0.29) is 11.6 Å². The number of pyridine rings is 1. The monoisotopic (exact) mass is 266 g/mol. The smallest absolute Gasteiger partial charge is 0.257 e. The average molecular weight is 266 g/mol. The van der Waals surface area contributed by atoms with Gasteiger partial charge in [0, 0.05) is 17.4 Å². The summed E-state index contributed by atoms with van der Waals surface area (Å²) in [5, 5.41) is 11.3. The van der Waals surface area contributed by atoms with Gasteiger partial charge in [-0.05, 0) is 36.4 Å². The highest BCUT2D eigenvalue weighted by molar-refractivity contribution is 6.04. The normalized spacial score (nSPS) is 9.55. The molecule has 2 aromatic rings. The molecule has 0 bridgehead atoms. The number of nitrogens with two attached hydrogens (primary N) is 1. The van der Waals surface area contributed by atoms with Gasteiger partial charge in [-0.25, -0.2) is 4.98 Å². The van der Waals surface area contributed by atoms with Gasteiger partial charge in [0.2, 0.25) is 5.91 Å². The fourth-order valence-electron chi connectivity index (χ4n) is 1.52. The molecule has 0 saturated carbocycles. The van der Waals surface area contributed by atoms with Gasteiger partial charge in [-0.15, -0.1) is 0 Å². The molecule has 6 heteroatoms. The van der Waals surface area contributed by atoms with Crippen molar-refractivity contribution in [1.29, 1.82) is 5.26 Å². The zero-order valence-corrected chi connectivity index (χ0v) is 10.3. The number of nitriles is 1. The predicted octanol–water partition coefficient (Wildman–Crippen LogP) is 1.30.